The fourth-order valence-electron chi connectivity index (χ4n) is 3.33. The van der Waals surface area contributed by atoms with Gasteiger partial charge in [-0.05, 0) is 30.6 Å². The Kier molecular flexibility index (Phi) is 6.82. The van der Waals surface area contributed by atoms with Crippen molar-refractivity contribution in [2.45, 2.75) is 24.6 Å². The van der Waals surface area contributed by atoms with Gasteiger partial charge >= 0.3 is 5.97 Å². The third-order valence-corrected chi connectivity index (χ3v) is 5.87. The number of nitrogens with zero attached hydrogens (tertiary/aromatic N) is 4. The van der Waals surface area contributed by atoms with Crippen molar-refractivity contribution < 1.29 is 28.1 Å². The van der Waals surface area contributed by atoms with Gasteiger partial charge in [0.05, 0.1) is 19.0 Å². The van der Waals surface area contributed by atoms with Crippen molar-refractivity contribution in [1.82, 2.24) is 19.5 Å². The minimum absolute atomic E-state index is 0.153. The molecule has 12 heteroatoms. The molecule has 32 heavy (non-hydrogen) atoms. The molecule has 1 aliphatic rings. The fraction of sp³-hybridized carbons (Fsp3) is 0.350. The first-order valence-electron chi connectivity index (χ1n) is 9.51. The van der Waals surface area contributed by atoms with E-state index in [2.05, 4.69) is 15.0 Å². The van der Waals surface area contributed by atoms with Crippen LogP contribution in [0.15, 0.2) is 43.0 Å². The minimum atomic E-state index is -1.64. The molecule has 4 rings (SSSR count). The summed E-state index contributed by atoms with van der Waals surface area (Å²) in [4.78, 5) is 24.7. The number of aromatic nitrogens is 4. The summed E-state index contributed by atoms with van der Waals surface area (Å²) in [7, 11) is 1.45. The molecule has 9 nitrogen and oxygen atoms in total. The maximum atomic E-state index is 15.5. The number of hydrogen-bond donors (Lipinski definition) is 0. The van der Waals surface area contributed by atoms with Gasteiger partial charge in [0.15, 0.2) is 29.7 Å². The number of carbonyl (C=O) groups excluding carboxylic acids is 1. The number of esters is 1. The summed E-state index contributed by atoms with van der Waals surface area (Å²) in [5.41, 5.74) is 1.07. The zero-order valence-corrected chi connectivity index (χ0v) is 18.7. The topological polar surface area (TPSA) is 97.6 Å². The Morgan fingerprint density at radius 1 is 1.28 bits per heavy atom. The van der Waals surface area contributed by atoms with Crippen molar-refractivity contribution in [3.05, 3.63) is 48.5 Å². The van der Waals surface area contributed by atoms with E-state index in [1.54, 1.807) is 36.6 Å². The Morgan fingerprint density at radius 3 is 2.78 bits per heavy atom. The predicted molar refractivity (Wildman–Crippen MR) is 118 cm³/mol. The summed E-state index contributed by atoms with van der Waals surface area (Å²) in [6, 6.07) is 8.48. The third kappa shape index (κ3) is 4.38. The lowest BCUT2D eigenvalue weighted by molar-refractivity contribution is -0.0509. The summed E-state index contributed by atoms with van der Waals surface area (Å²) < 4.78 is 39.2. The van der Waals surface area contributed by atoms with Gasteiger partial charge in [-0.2, -0.15) is 4.98 Å². The normalized spacial score (nSPS) is 22.6. The fourth-order valence-corrected chi connectivity index (χ4v) is 3.65. The van der Waals surface area contributed by atoms with E-state index in [1.807, 2.05) is 0 Å². The van der Waals surface area contributed by atoms with Crippen LogP contribution in [0.2, 0.25) is 0 Å². The zero-order chi connectivity index (χ0) is 22.7. The van der Waals surface area contributed by atoms with Crippen LogP contribution in [-0.2, 0) is 14.2 Å². The van der Waals surface area contributed by atoms with Gasteiger partial charge in [0.2, 0.25) is 10.3 Å². The average molecular weight is 479 g/mol. The van der Waals surface area contributed by atoms with Gasteiger partial charge in [0.1, 0.15) is 19.0 Å². The van der Waals surface area contributed by atoms with E-state index in [0.29, 0.717) is 16.7 Å². The number of imidazole rings is 1. The highest BCUT2D eigenvalue weighted by atomic mass is 32.2. The van der Waals surface area contributed by atoms with Crippen molar-refractivity contribution in [3.63, 3.8) is 0 Å². The lowest BCUT2D eigenvalue weighted by Gasteiger charge is -2.20. The molecular weight excluding hydrogens is 459 g/mol. The Balaban J connectivity index is 1.57. The molecule has 168 valence electrons. The van der Waals surface area contributed by atoms with Crippen molar-refractivity contribution >= 4 is 45.5 Å². The predicted octanol–water partition coefficient (Wildman–Crippen LogP) is 2.96. The highest BCUT2D eigenvalue weighted by Crippen LogP contribution is 2.37. The van der Waals surface area contributed by atoms with E-state index in [9.17, 15) is 4.79 Å². The molecule has 0 aliphatic carbocycles. The van der Waals surface area contributed by atoms with Gasteiger partial charge in [-0.3, -0.25) is 4.57 Å². The molecule has 1 saturated heterocycles. The largest absolute Gasteiger partial charge is 0.479 e. The molecule has 3 heterocycles. The first kappa shape index (κ1) is 22.4. The first-order chi connectivity index (χ1) is 15.5. The standard InChI is InChI=1S/C20H19FN4O5S2/c1-27-17-14-16(22-9-23-17)25(10-24-14)18-13(21)15(30-20(31)32-2)12(29-18)8-28-19(26)11-6-4-3-5-7-11/h3-7,9-10,12-13,15,18H,8H2,1-2H3/t12-,13+,15-,18-/m1/s1. The summed E-state index contributed by atoms with van der Waals surface area (Å²) in [6.45, 7) is -0.225. The van der Waals surface area contributed by atoms with Gasteiger partial charge in [0.25, 0.3) is 0 Å². The second-order valence-corrected chi connectivity index (χ2v) is 8.13. The highest BCUT2D eigenvalue weighted by molar-refractivity contribution is 8.22. The minimum Gasteiger partial charge on any atom is -0.479 e. The molecule has 0 saturated carbocycles. The second-order valence-electron chi connectivity index (χ2n) is 6.72. The second kappa shape index (κ2) is 9.76. The summed E-state index contributed by atoms with van der Waals surface area (Å²) in [6.07, 6.45) is -0.370. The molecule has 1 aromatic carbocycles. The maximum absolute atomic E-state index is 15.5. The number of halogens is 1. The highest BCUT2D eigenvalue weighted by Gasteiger charge is 2.49. The Morgan fingerprint density at radius 2 is 2.06 bits per heavy atom. The summed E-state index contributed by atoms with van der Waals surface area (Å²) >= 11 is 6.28. The number of alkyl halides is 1. The molecule has 1 fully saturated rings. The number of ether oxygens (including phenoxy) is 4. The van der Waals surface area contributed by atoms with Crippen LogP contribution in [0.5, 0.6) is 5.88 Å². The van der Waals surface area contributed by atoms with Gasteiger partial charge in [-0.25, -0.2) is 19.2 Å². The Labute approximate surface area is 192 Å². The molecule has 3 aromatic rings. The van der Waals surface area contributed by atoms with Crippen LogP contribution in [0, 0.1) is 0 Å². The molecule has 0 amide bonds. The Hall–Kier alpha value is -2.83. The maximum Gasteiger partial charge on any atom is 0.338 e. The molecule has 1 aliphatic heterocycles. The van der Waals surface area contributed by atoms with Gasteiger partial charge in [-0.1, -0.05) is 30.0 Å². The molecule has 2 aromatic heterocycles. The number of methoxy groups -OCH3 is 1. The number of thioether (sulfide) groups is 1. The van der Waals surface area contributed by atoms with Crippen LogP contribution in [0.25, 0.3) is 11.2 Å². The van der Waals surface area contributed by atoms with Crippen LogP contribution in [-0.4, -0.2) is 68.2 Å². The van der Waals surface area contributed by atoms with E-state index in [4.69, 9.17) is 31.2 Å². The lowest BCUT2D eigenvalue weighted by atomic mass is 10.1. The number of carbonyl (C=O) groups is 1. The molecule has 0 radical (unpaired) electrons. The van der Waals surface area contributed by atoms with Gasteiger partial charge in [-0.15, -0.1) is 0 Å². The van der Waals surface area contributed by atoms with Crippen LogP contribution in [0.3, 0.4) is 0 Å². The molecule has 4 atom stereocenters. The zero-order valence-electron chi connectivity index (χ0n) is 17.1. The quantitative estimate of drug-likeness (QED) is 0.388. The average Bonchev–Trinajstić information content (AvgIpc) is 3.39. The van der Waals surface area contributed by atoms with E-state index >= 15 is 4.39 Å². The van der Waals surface area contributed by atoms with Gasteiger partial charge in [0, 0.05) is 0 Å². The molecular formula is C20H19FN4O5S2. The summed E-state index contributed by atoms with van der Waals surface area (Å²) in [5, 5.41) is 0. The van der Waals surface area contributed by atoms with E-state index < -0.39 is 30.6 Å². The van der Waals surface area contributed by atoms with E-state index in [0.717, 1.165) is 0 Å². The van der Waals surface area contributed by atoms with Crippen molar-refractivity contribution in [2.24, 2.45) is 0 Å². The number of fused-ring (bicyclic) bond motifs is 1. The number of hydrogen-bond acceptors (Lipinski definition) is 10. The molecule has 0 spiro atoms. The lowest BCUT2D eigenvalue weighted by Crippen LogP contribution is -2.36. The van der Waals surface area contributed by atoms with Crippen LogP contribution in [0.1, 0.15) is 16.6 Å². The monoisotopic (exact) mass is 478 g/mol. The van der Waals surface area contributed by atoms with Crippen molar-refractivity contribution in [2.75, 3.05) is 20.0 Å². The SMILES string of the molecule is COc1ncnc2c1ncn2[C@@H]1O[C@H](COC(=O)c2ccccc2)[C@@H](OC(=S)SC)[C@@H]1F. The molecule has 0 N–H and O–H groups in total. The Bertz CT molecular complexity index is 1120. The summed E-state index contributed by atoms with van der Waals surface area (Å²) in [5.74, 6) is -0.295. The number of benzene rings is 1. The van der Waals surface area contributed by atoms with Crippen LogP contribution in [0.4, 0.5) is 4.39 Å². The van der Waals surface area contributed by atoms with Gasteiger partial charge < -0.3 is 18.9 Å². The van der Waals surface area contributed by atoms with E-state index in [-0.39, 0.29) is 16.9 Å². The third-order valence-electron chi connectivity index (χ3n) is 4.85. The van der Waals surface area contributed by atoms with Crippen LogP contribution >= 0.6 is 24.0 Å². The smallest absolute Gasteiger partial charge is 0.338 e. The number of rotatable bonds is 6. The first-order valence-corrected chi connectivity index (χ1v) is 11.1. The van der Waals surface area contributed by atoms with Crippen LogP contribution < -0.4 is 4.74 Å². The van der Waals surface area contributed by atoms with E-state index in [1.165, 1.54) is 36.1 Å². The molecule has 0 unspecified atom stereocenters. The van der Waals surface area contributed by atoms with Crippen molar-refractivity contribution in [1.29, 1.82) is 0 Å². The van der Waals surface area contributed by atoms with Crippen molar-refractivity contribution in [3.8, 4) is 5.88 Å². The number of thiocarbonyl (C=S) groups is 1. The molecule has 0 bridgehead atoms.